The third-order valence-electron chi connectivity index (χ3n) is 0.474. The Bertz CT molecular complexity index is 108. The largest absolute Gasteiger partial charge is 0.402 e. The summed E-state index contributed by atoms with van der Waals surface area (Å²) in [6, 6.07) is 0. The normalized spacial score (nSPS) is 9.33. The molecule has 0 aromatic heterocycles. The van der Waals surface area contributed by atoms with E-state index in [9.17, 15) is 0 Å². The van der Waals surface area contributed by atoms with Crippen molar-refractivity contribution in [1.82, 2.24) is 0 Å². The minimum Gasteiger partial charge on any atom is -0.402 e. The summed E-state index contributed by atoms with van der Waals surface area (Å²) in [6.07, 6.45) is 1.83. The standard InChI is InChI=1S/C6H11N.C2H4/c1-5(2)4-6(3)7;1-2/h4H,1,7H2,2-3H3;1-2H2/b6-4-;. The lowest BCUT2D eigenvalue weighted by Crippen LogP contribution is -1.88. The molecule has 0 heterocycles. The van der Waals surface area contributed by atoms with Gasteiger partial charge in [-0.2, -0.15) is 0 Å². The maximum atomic E-state index is 5.29. The highest BCUT2D eigenvalue weighted by Crippen LogP contribution is 1.90. The molecule has 0 aromatic rings. The lowest BCUT2D eigenvalue weighted by molar-refractivity contribution is 1.29. The zero-order valence-corrected chi connectivity index (χ0v) is 6.28. The molecule has 1 heteroatoms. The zero-order valence-electron chi connectivity index (χ0n) is 6.28. The highest BCUT2D eigenvalue weighted by molar-refractivity contribution is 5.14. The summed E-state index contributed by atoms with van der Waals surface area (Å²) in [6.45, 7) is 13.4. The van der Waals surface area contributed by atoms with Crippen LogP contribution in [0.25, 0.3) is 0 Å². The highest BCUT2D eigenvalue weighted by Gasteiger charge is 1.74. The van der Waals surface area contributed by atoms with E-state index in [1.54, 1.807) is 0 Å². The molecule has 0 spiro atoms. The molecule has 0 unspecified atom stereocenters. The monoisotopic (exact) mass is 125 g/mol. The van der Waals surface area contributed by atoms with Gasteiger partial charge in [-0.05, 0) is 19.9 Å². The molecular weight excluding hydrogens is 110 g/mol. The molecule has 2 N–H and O–H groups in total. The van der Waals surface area contributed by atoms with Crippen LogP contribution in [0.2, 0.25) is 0 Å². The van der Waals surface area contributed by atoms with Crippen molar-refractivity contribution < 1.29 is 0 Å². The van der Waals surface area contributed by atoms with Crippen LogP contribution in [-0.2, 0) is 0 Å². The van der Waals surface area contributed by atoms with Crippen LogP contribution in [-0.4, -0.2) is 0 Å². The van der Waals surface area contributed by atoms with E-state index in [4.69, 9.17) is 5.73 Å². The van der Waals surface area contributed by atoms with Gasteiger partial charge in [-0.3, -0.25) is 0 Å². The first kappa shape index (κ1) is 10.9. The van der Waals surface area contributed by atoms with Crippen molar-refractivity contribution in [1.29, 1.82) is 0 Å². The quantitative estimate of drug-likeness (QED) is 0.422. The van der Waals surface area contributed by atoms with Gasteiger partial charge in [0.05, 0.1) is 0 Å². The molecule has 0 bridgehead atoms. The van der Waals surface area contributed by atoms with Crippen molar-refractivity contribution in [3.05, 3.63) is 37.1 Å². The molecule has 0 saturated heterocycles. The lowest BCUT2D eigenvalue weighted by atomic mass is 10.3. The number of nitrogens with two attached hydrogens (primary N) is 1. The van der Waals surface area contributed by atoms with Crippen LogP contribution in [0.15, 0.2) is 37.1 Å². The number of hydrogen-bond acceptors (Lipinski definition) is 1. The van der Waals surface area contributed by atoms with Crippen LogP contribution in [0, 0.1) is 0 Å². The van der Waals surface area contributed by atoms with E-state index < -0.39 is 0 Å². The van der Waals surface area contributed by atoms with Gasteiger partial charge < -0.3 is 5.73 Å². The average molecular weight is 125 g/mol. The van der Waals surface area contributed by atoms with Crippen molar-refractivity contribution in [3.8, 4) is 0 Å². The number of rotatable bonds is 1. The molecule has 0 fully saturated rings. The molecule has 0 aliphatic heterocycles. The van der Waals surface area contributed by atoms with E-state index in [2.05, 4.69) is 19.7 Å². The molecule has 52 valence electrons. The second kappa shape index (κ2) is 7.02. The summed E-state index contributed by atoms with van der Waals surface area (Å²) in [5.74, 6) is 0. The van der Waals surface area contributed by atoms with Crippen LogP contribution in [0.1, 0.15) is 13.8 Å². The Labute approximate surface area is 57.6 Å². The molecule has 0 radical (unpaired) electrons. The van der Waals surface area contributed by atoms with E-state index in [-0.39, 0.29) is 0 Å². The Kier molecular flexibility index (Phi) is 8.51. The van der Waals surface area contributed by atoms with E-state index in [0.717, 1.165) is 11.3 Å². The number of allylic oxidation sites excluding steroid dienone is 3. The summed E-state index contributed by atoms with van der Waals surface area (Å²) in [7, 11) is 0. The first-order valence-corrected chi connectivity index (χ1v) is 2.72. The Morgan fingerprint density at radius 3 is 1.67 bits per heavy atom. The molecule has 0 aromatic carbocycles. The van der Waals surface area contributed by atoms with E-state index in [1.807, 2.05) is 19.9 Å². The minimum atomic E-state index is 0.813. The predicted molar refractivity (Wildman–Crippen MR) is 44.0 cm³/mol. The number of hydrogen-bond donors (Lipinski definition) is 1. The van der Waals surface area contributed by atoms with E-state index >= 15 is 0 Å². The van der Waals surface area contributed by atoms with Crippen molar-refractivity contribution >= 4 is 0 Å². The molecule has 0 saturated carbocycles. The summed E-state index contributed by atoms with van der Waals surface area (Å²) in [5.41, 5.74) is 7.11. The lowest BCUT2D eigenvalue weighted by Gasteiger charge is -1.86. The fraction of sp³-hybridized carbons (Fsp3) is 0.250. The van der Waals surface area contributed by atoms with Crippen molar-refractivity contribution in [2.75, 3.05) is 0 Å². The van der Waals surface area contributed by atoms with E-state index in [0.29, 0.717) is 0 Å². The van der Waals surface area contributed by atoms with Crippen LogP contribution in [0.4, 0.5) is 0 Å². The summed E-state index contributed by atoms with van der Waals surface area (Å²) < 4.78 is 0. The molecule has 9 heavy (non-hydrogen) atoms. The minimum absolute atomic E-state index is 0.813. The average Bonchev–Trinajstić information content (AvgIpc) is 1.68. The van der Waals surface area contributed by atoms with Gasteiger partial charge >= 0.3 is 0 Å². The van der Waals surface area contributed by atoms with Crippen LogP contribution in [0.3, 0.4) is 0 Å². The third-order valence-corrected chi connectivity index (χ3v) is 0.474. The first-order chi connectivity index (χ1) is 4.13. The maximum Gasteiger partial charge on any atom is 0.00513 e. The van der Waals surface area contributed by atoms with Gasteiger partial charge in [0.25, 0.3) is 0 Å². The summed E-state index contributed by atoms with van der Waals surface area (Å²) >= 11 is 0. The smallest absolute Gasteiger partial charge is 0.00513 e. The van der Waals surface area contributed by atoms with Gasteiger partial charge in [0.1, 0.15) is 0 Å². The van der Waals surface area contributed by atoms with Gasteiger partial charge in [0, 0.05) is 5.70 Å². The van der Waals surface area contributed by atoms with Crippen molar-refractivity contribution in [3.63, 3.8) is 0 Å². The highest BCUT2D eigenvalue weighted by atomic mass is 14.5. The van der Waals surface area contributed by atoms with Gasteiger partial charge in [0.15, 0.2) is 0 Å². The molecular formula is C8H15N. The Morgan fingerprint density at radius 1 is 1.33 bits per heavy atom. The van der Waals surface area contributed by atoms with Crippen LogP contribution < -0.4 is 5.73 Å². The Balaban J connectivity index is 0. The fourth-order valence-electron chi connectivity index (χ4n) is 0.389. The van der Waals surface area contributed by atoms with Gasteiger partial charge in [-0.1, -0.05) is 12.2 Å². The van der Waals surface area contributed by atoms with Gasteiger partial charge in [-0.15, -0.1) is 13.2 Å². The second-order valence-corrected chi connectivity index (χ2v) is 1.73. The van der Waals surface area contributed by atoms with Crippen LogP contribution >= 0.6 is 0 Å². The molecule has 0 amide bonds. The predicted octanol–water partition coefficient (Wildman–Crippen LogP) is 2.23. The van der Waals surface area contributed by atoms with Crippen LogP contribution in [0.5, 0.6) is 0 Å². The Morgan fingerprint density at radius 2 is 1.67 bits per heavy atom. The SMILES string of the molecule is C=C.C=C(C)/C=C(/C)N. The molecule has 1 nitrogen and oxygen atoms in total. The molecule has 0 atom stereocenters. The first-order valence-electron chi connectivity index (χ1n) is 2.72. The summed E-state index contributed by atoms with van der Waals surface area (Å²) in [5, 5.41) is 0. The molecule has 0 aliphatic carbocycles. The third kappa shape index (κ3) is 19.4. The van der Waals surface area contributed by atoms with Crippen molar-refractivity contribution in [2.24, 2.45) is 5.73 Å². The molecule has 0 aliphatic rings. The van der Waals surface area contributed by atoms with Gasteiger partial charge in [0.2, 0.25) is 0 Å². The fourth-order valence-corrected chi connectivity index (χ4v) is 0.389. The second-order valence-electron chi connectivity index (χ2n) is 1.73. The maximum absolute atomic E-state index is 5.29. The van der Waals surface area contributed by atoms with Crippen molar-refractivity contribution in [2.45, 2.75) is 13.8 Å². The van der Waals surface area contributed by atoms with E-state index in [1.165, 1.54) is 0 Å². The van der Waals surface area contributed by atoms with Gasteiger partial charge in [-0.25, -0.2) is 0 Å². The topological polar surface area (TPSA) is 26.0 Å². The zero-order chi connectivity index (χ0) is 7.86. The summed E-state index contributed by atoms with van der Waals surface area (Å²) in [4.78, 5) is 0. The Hall–Kier alpha value is -0.980. The molecule has 0 rings (SSSR count).